The summed E-state index contributed by atoms with van der Waals surface area (Å²) in [7, 11) is 4.47. The molecule has 2 nitrogen and oxygen atoms in total. The van der Waals surface area contributed by atoms with Gasteiger partial charge in [-0.25, -0.2) is 0 Å². The summed E-state index contributed by atoms with van der Waals surface area (Å²) in [6.07, 6.45) is 8.40. The Bertz CT molecular complexity index is 209. The molecule has 0 radical (unpaired) electrons. The van der Waals surface area contributed by atoms with E-state index in [0.29, 0.717) is 5.54 Å². The predicted octanol–water partition coefficient (Wildman–Crippen LogP) is 2.25. The smallest absolute Gasteiger partial charge is 0.0328 e. The lowest BCUT2D eigenvalue weighted by Crippen LogP contribution is -2.57. The van der Waals surface area contributed by atoms with Crippen molar-refractivity contribution in [1.82, 2.24) is 10.2 Å². The fourth-order valence-corrected chi connectivity index (χ4v) is 3.09. The lowest BCUT2D eigenvalue weighted by atomic mass is 9.75. The molecule has 0 spiro atoms. The van der Waals surface area contributed by atoms with Gasteiger partial charge in [0.25, 0.3) is 0 Å². The molecule has 15 heavy (non-hydrogen) atoms. The van der Waals surface area contributed by atoms with Crippen LogP contribution in [0.15, 0.2) is 0 Å². The van der Waals surface area contributed by atoms with Crippen LogP contribution >= 0.6 is 0 Å². The maximum absolute atomic E-state index is 3.79. The summed E-state index contributed by atoms with van der Waals surface area (Å²) in [5.41, 5.74) is 0.492. The molecular weight excluding hydrogens is 184 g/mol. The normalized spacial score (nSPS) is 34.4. The first kappa shape index (κ1) is 11.4. The molecule has 0 amide bonds. The van der Waals surface area contributed by atoms with Crippen molar-refractivity contribution >= 4 is 0 Å². The molecule has 1 N–H and O–H groups in total. The first-order valence-corrected chi connectivity index (χ1v) is 6.53. The Hall–Kier alpha value is -0.0800. The average Bonchev–Trinajstić information content (AvgIpc) is 2.49. The van der Waals surface area contributed by atoms with Crippen LogP contribution in [0.2, 0.25) is 0 Å². The molecule has 2 saturated carbocycles. The summed E-state index contributed by atoms with van der Waals surface area (Å²) in [6, 6.07) is 0.803. The van der Waals surface area contributed by atoms with Gasteiger partial charge in [-0.2, -0.15) is 0 Å². The first-order chi connectivity index (χ1) is 7.12. The summed E-state index contributed by atoms with van der Waals surface area (Å²) in [6.45, 7) is 3.59. The number of hydrogen-bond donors (Lipinski definition) is 1. The third-order valence-electron chi connectivity index (χ3n) is 4.65. The number of nitrogens with one attached hydrogen (secondary N) is 1. The minimum absolute atomic E-state index is 0.492. The highest BCUT2D eigenvalue weighted by Crippen LogP contribution is 2.36. The minimum atomic E-state index is 0.492. The van der Waals surface area contributed by atoms with Gasteiger partial charge in [0, 0.05) is 18.1 Å². The van der Waals surface area contributed by atoms with Crippen molar-refractivity contribution in [3.05, 3.63) is 0 Å². The molecule has 0 aromatic heterocycles. The second-order valence-corrected chi connectivity index (χ2v) is 5.97. The van der Waals surface area contributed by atoms with Gasteiger partial charge in [-0.3, -0.25) is 0 Å². The molecule has 0 aromatic rings. The molecule has 2 unspecified atom stereocenters. The van der Waals surface area contributed by atoms with Crippen molar-refractivity contribution in [2.75, 3.05) is 20.6 Å². The Balaban J connectivity index is 1.77. The van der Waals surface area contributed by atoms with Crippen molar-refractivity contribution in [3.63, 3.8) is 0 Å². The third kappa shape index (κ3) is 2.36. The van der Waals surface area contributed by atoms with E-state index in [2.05, 4.69) is 31.2 Å². The third-order valence-corrected chi connectivity index (χ3v) is 4.65. The highest BCUT2D eigenvalue weighted by Gasteiger charge is 2.39. The average molecular weight is 210 g/mol. The molecule has 88 valence electrons. The van der Waals surface area contributed by atoms with Crippen LogP contribution < -0.4 is 5.32 Å². The van der Waals surface area contributed by atoms with Gasteiger partial charge in [0.05, 0.1) is 0 Å². The van der Waals surface area contributed by atoms with Gasteiger partial charge in [0.15, 0.2) is 0 Å². The SMILES string of the molecule is CC1CCC(NCC2(N(C)C)CCC2)C1. The van der Waals surface area contributed by atoms with Crippen molar-refractivity contribution < 1.29 is 0 Å². The largest absolute Gasteiger partial charge is 0.312 e. The molecule has 0 aliphatic heterocycles. The van der Waals surface area contributed by atoms with Crippen molar-refractivity contribution in [2.24, 2.45) is 5.92 Å². The van der Waals surface area contributed by atoms with Crippen LogP contribution in [0.3, 0.4) is 0 Å². The standard InChI is InChI=1S/C13H26N2/c1-11-5-6-12(9-11)14-10-13(15(2)3)7-4-8-13/h11-12,14H,4-10H2,1-3H3. The first-order valence-electron chi connectivity index (χ1n) is 6.53. The summed E-state index contributed by atoms with van der Waals surface area (Å²) in [5.74, 6) is 0.944. The van der Waals surface area contributed by atoms with Crippen LogP contribution in [0.4, 0.5) is 0 Å². The van der Waals surface area contributed by atoms with Gasteiger partial charge >= 0.3 is 0 Å². The van der Waals surface area contributed by atoms with E-state index in [4.69, 9.17) is 0 Å². The van der Waals surface area contributed by atoms with Crippen LogP contribution in [0.5, 0.6) is 0 Å². The fourth-order valence-electron chi connectivity index (χ4n) is 3.09. The summed E-state index contributed by atoms with van der Waals surface area (Å²) >= 11 is 0. The summed E-state index contributed by atoms with van der Waals surface area (Å²) in [5, 5.41) is 3.79. The fraction of sp³-hybridized carbons (Fsp3) is 1.00. The van der Waals surface area contributed by atoms with Gasteiger partial charge in [0.1, 0.15) is 0 Å². The number of likely N-dealkylation sites (N-methyl/N-ethyl adjacent to an activating group) is 1. The lowest BCUT2D eigenvalue weighted by Gasteiger charge is -2.48. The molecule has 2 atom stereocenters. The van der Waals surface area contributed by atoms with Crippen LogP contribution in [0.25, 0.3) is 0 Å². The zero-order valence-electron chi connectivity index (χ0n) is 10.6. The summed E-state index contributed by atoms with van der Waals surface area (Å²) in [4.78, 5) is 2.43. The summed E-state index contributed by atoms with van der Waals surface area (Å²) < 4.78 is 0. The van der Waals surface area contributed by atoms with E-state index in [1.807, 2.05) is 0 Å². The van der Waals surface area contributed by atoms with Crippen molar-refractivity contribution in [2.45, 2.75) is 57.0 Å². The minimum Gasteiger partial charge on any atom is -0.312 e. The van der Waals surface area contributed by atoms with Crippen LogP contribution in [-0.2, 0) is 0 Å². The second-order valence-electron chi connectivity index (χ2n) is 5.97. The van der Waals surface area contributed by atoms with Crippen LogP contribution in [-0.4, -0.2) is 37.1 Å². The number of rotatable bonds is 4. The van der Waals surface area contributed by atoms with Gasteiger partial charge in [-0.05, 0) is 58.5 Å². The molecule has 2 aliphatic rings. The topological polar surface area (TPSA) is 15.3 Å². The van der Waals surface area contributed by atoms with Crippen molar-refractivity contribution in [3.8, 4) is 0 Å². The number of hydrogen-bond acceptors (Lipinski definition) is 2. The maximum atomic E-state index is 3.79. The molecule has 2 heteroatoms. The Kier molecular flexibility index (Phi) is 3.36. The Morgan fingerprint density at radius 3 is 2.40 bits per heavy atom. The zero-order valence-corrected chi connectivity index (χ0v) is 10.6. The van der Waals surface area contributed by atoms with Gasteiger partial charge in [0.2, 0.25) is 0 Å². The molecule has 0 saturated heterocycles. The highest BCUT2D eigenvalue weighted by molar-refractivity contribution is 4.98. The monoisotopic (exact) mass is 210 g/mol. The zero-order chi connectivity index (χ0) is 10.9. The molecular formula is C13H26N2. The Morgan fingerprint density at radius 1 is 1.27 bits per heavy atom. The van der Waals surface area contributed by atoms with E-state index in [0.717, 1.165) is 12.0 Å². The van der Waals surface area contributed by atoms with Gasteiger partial charge < -0.3 is 10.2 Å². The highest BCUT2D eigenvalue weighted by atomic mass is 15.2. The van der Waals surface area contributed by atoms with E-state index >= 15 is 0 Å². The lowest BCUT2D eigenvalue weighted by molar-refractivity contribution is 0.0572. The van der Waals surface area contributed by atoms with E-state index in [1.165, 1.54) is 45.1 Å². The molecule has 0 heterocycles. The van der Waals surface area contributed by atoms with Crippen LogP contribution in [0.1, 0.15) is 45.4 Å². The maximum Gasteiger partial charge on any atom is 0.0328 e. The van der Waals surface area contributed by atoms with E-state index in [-0.39, 0.29) is 0 Å². The predicted molar refractivity (Wildman–Crippen MR) is 65.1 cm³/mol. The Labute approximate surface area is 94.4 Å². The molecule has 2 aliphatic carbocycles. The van der Waals surface area contributed by atoms with Gasteiger partial charge in [-0.1, -0.05) is 6.92 Å². The number of nitrogens with zero attached hydrogens (tertiary/aromatic N) is 1. The molecule has 0 aromatic carbocycles. The van der Waals surface area contributed by atoms with E-state index < -0.39 is 0 Å². The van der Waals surface area contributed by atoms with Gasteiger partial charge in [-0.15, -0.1) is 0 Å². The second kappa shape index (κ2) is 4.42. The molecule has 0 bridgehead atoms. The molecule has 2 rings (SSSR count). The molecule has 2 fully saturated rings. The van der Waals surface area contributed by atoms with E-state index in [9.17, 15) is 0 Å². The quantitative estimate of drug-likeness (QED) is 0.765. The van der Waals surface area contributed by atoms with E-state index in [1.54, 1.807) is 0 Å². The van der Waals surface area contributed by atoms with Crippen LogP contribution in [0, 0.1) is 5.92 Å². The van der Waals surface area contributed by atoms with Crippen molar-refractivity contribution in [1.29, 1.82) is 0 Å². The Morgan fingerprint density at radius 2 is 2.00 bits per heavy atom.